The number of piperidine rings is 1. The molecule has 0 unspecified atom stereocenters. The third-order valence-electron chi connectivity index (χ3n) is 7.37. The number of alkyl halides is 1. The molecule has 1 amide bonds. The van der Waals surface area contributed by atoms with Crippen LogP contribution in [0.3, 0.4) is 0 Å². The smallest absolute Gasteiger partial charge is 0.332 e. The summed E-state index contributed by atoms with van der Waals surface area (Å²) in [7, 11) is 1.58. The van der Waals surface area contributed by atoms with Gasteiger partial charge < -0.3 is 9.64 Å². The highest BCUT2D eigenvalue weighted by atomic mass is 19.1. The molecule has 1 aliphatic carbocycles. The van der Waals surface area contributed by atoms with Gasteiger partial charge in [0.05, 0.1) is 13.7 Å². The summed E-state index contributed by atoms with van der Waals surface area (Å²) in [6, 6.07) is 7.28. The molecular weight excluding hydrogens is 415 g/mol. The molecule has 2 aliphatic heterocycles. The highest BCUT2D eigenvalue weighted by molar-refractivity contribution is 5.86. The molecule has 8 nitrogen and oxygen atoms in total. The number of halogens is 1. The van der Waals surface area contributed by atoms with Crippen LogP contribution in [0, 0.1) is 5.41 Å². The van der Waals surface area contributed by atoms with E-state index in [-0.39, 0.29) is 17.9 Å². The maximum Gasteiger partial charge on any atom is 0.332 e. The van der Waals surface area contributed by atoms with Gasteiger partial charge in [-0.15, -0.1) is 0 Å². The normalized spacial score (nSPS) is 20.6. The lowest BCUT2D eigenvalue weighted by molar-refractivity contribution is -0.152. The van der Waals surface area contributed by atoms with Crippen molar-refractivity contribution in [3.63, 3.8) is 0 Å². The Bertz CT molecular complexity index is 1160. The van der Waals surface area contributed by atoms with Crippen LogP contribution in [0.25, 0.3) is 0 Å². The number of rotatable bonds is 4. The van der Waals surface area contributed by atoms with Gasteiger partial charge in [-0.25, -0.2) is 9.07 Å². The Balaban J connectivity index is 1.32. The van der Waals surface area contributed by atoms with Gasteiger partial charge in [0.1, 0.15) is 11.6 Å². The molecule has 1 saturated carbocycles. The summed E-state index contributed by atoms with van der Waals surface area (Å²) in [4.78, 5) is 39.6. The molecule has 9 heteroatoms. The van der Waals surface area contributed by atoms with Crippen molar-refractivity contribution in [3.8, 4) is 5.75 Å². The van der Waals surface area contributed by atoms with Gasteiger partial charge in [0.2, 0.25) is 0 Å². The van der Waals surface area contributed by atoms with Gasteiger partial charge in [-0.1, -0.05) is 12.1 Å². The van der Waals surface area contributed by atoms with Gasteiger partial charge >= 0.3 is 11.1 Å². The second-order valence-corrected chi connectivity index (χ2v) is 9.41. The number of carbonyl (C=O) groups excluding carboxylic acids is 1. The molecule has 170 valence electrons. The summed E-state index contributed by atoms with van der Waals surface area (Å²) < 4.78 is 22.4. The lowest BCUT2D eigenvalue weighted by Crippen LogP contribution is -2.54. The first-order valence-electron chi connectivity index (χ1n) is 11.1. The molecule has 1 saturated heterocycles. The first kappa shape index (κ1) is 20.9. The van der Waals surface area contributed by atoms with E-state index < -0.39 is 16.8 Å². The van der Waals surface area contributed by atoms with E-state index in [0.717, 1.165) is 12.0 Å². The van der Waals surface area contributed by atoms with Crippen LogP contribution in [0.2, 0.25) is 0 Å². The zero-order chi connectivity index (χ0) is 22.5. The maximum absolute atomic E-state index is 14.5. The Labute approximate surface area is 184 Å². The van der Waals surface area contributed by atoms with Gasteiger partial charge in [-0.05, 0) is 55.2 Å². The van der Waals surface area contributed by atoms with E-state index in [1.165, 1.54) is 9.25 Å². The van der Waals surface area contributed by atoms with Crippen molar-refractivity contribution in [2.75, 3.05) is 20.2 Å². The molecule has 5 rings (SSSR count). The van der Waals surface area contributed by atoms with Gasteiger partial charge in [0, 0.05) is 26.1 Å². The molecule has 2 fully saturated rings. The van der Waals surface area contributed by atoms with Crippen LogP contribution >= 0.6 is 0 Å². The number of fused-ring (bicyclic) bond motifs is 1. The number of benzene rings is 1. The van der Waals surface area contributed by atoms with Crippen molar-refractivity contribution in [3.05, 3.63) is 56.4 Å². The number of ether oxygens (including phenoxy) is 1. The molecule has 1 spiro atoms. The number of amides is 1. The predicted octanol–water partition coefficient (Wildman–Crippen LogP) is 1.52. The first-order valence-corrected chi connectivity index (χ1v) is 11.1. The number of carbonyl (C=O) groups is 1. The van der Waals surface area contributed by atoms with Crippen molar-refractivity contribution in [1.82, 2.24) is 19.2 Å². The fourth-order valence-electron chi connectivity index (χ4n) is 5.12. The Hall–Kier alpha value is -2.97. The van der Waals surface area contributed by atoms with Crippen LogP contribution in [0.5, 0.6) is 5.75 Å². The molecule has 0 N–H and O–H groups in total. The number of likely N-dealkylation sites (tertiary alicyclic amines) is 1. The molecule has 1 aromatic carbocycles. The summed E-state index contributed by atoms with van der Waals surface area (Å²) >= 11 is 0. The van der Waals surface area contributed by atoms with E-state index in [1.54, 1.807) is 24.1 Å². The fourth-order valence-corrected chi connectivity index (χ4v) is 5.12. The minimum Gasteiger partial charge on any atom is -0.497 e. The lowest BCUT2D eigenvalue weighted by atomic mass is 9.75. The third-order valence-corrected chi connectivity index (χ3v) is 7.37. The quantitative estimate of drug-likeness (QED) is 0.670. The zero-order valence-corrected chi connectivity index (χ0v) is 18.2. The van der Waals surface area contributed by atoms with Crippen LogP contribution < -0.4 is 15.9 Å². The zero-order valence-electron chi connectivity index (χ0n) is 18.2. The van der Waals surface area contributed by atoms with Crippen LogP contribution in [0.15, 0.2) is 33.9 Å². The number of hydrogen-bond acceptors (Lipinski definition) is 5. The average molecular weight is 442 g/mol. The Morgan fingerprint density at radius 1 is 1.09 bits per heavy atom. The number of nitrogens with zero attached hydrogens (tertiary/aromatic N) is 4. The minimum absolute atomic E-state index is 0.208. The van der Waals surface area contributed by atoms with E-state index in [0.29, 0.717) is 63.3 Å². The second kappa shape index (κ2) is 7.56. The minimum atomic E-state index is -1.67. The van der Waals surface area contributed by atoms with Crippen LogP contribution in [0.1, 0.15) is 43.5 Å². The van der Waals surface area contributed by atoms with Gasteiger partial charge in [-0.2, -0.15) is 5.10 Å². The number of methoxy groups -OCH3 is 1. The van der Waals surface area contributed by atoms with E-state index in [2.05, 4.69) is 5.10 Å². The Morgan fingerprint density at radius 3 is 2.38 bits per heavy atom. The van der Waals surface area contributed by atoms with Crippen molar-refractivity contribution in [2.24, 2.45) is 5.41 Å². The standard InChI is InChI=1S/C23H27FN4O4/c1-32-17-5-3-16(4-6-17)14-28-20(30)19(29)27-15-22(13-18(27)25-28)9-11-26(12-10-22)21(31)23(24)7-2-8-23/h3-6H,2,7-15H2,1H3. The monoisotopic (exact) mass is 442 g/mol. The average Bonchev–Trinajstić information content (AvgIpc) is 3.14. The largest absolute Gasteiger partial charge is 0.497 e. The SMILES string of the molecule is COc1ccc(Cn2nc3n(c(=O)c2=O)CC2(CCN(C(=O)C4(F)CCC4)CC2)C3)cc1. The molecule has 0 bridgehead atoms. The highest BCUT2D eigenvalue weighted by Crippen LogP contribution is 2.43. The molecule has 0 radical (unpaired) electrons. The highest BCUT2D eigenvalue weighted by Gasteiger charge is 2.49. The van der Waals surface area contributed by atoms with Gasteiger partial charge in [-0.3, -0.25) is 19.0 Å². The van der Waals surface area contributed by atoms with Gasteiger partial charge in [0.15, 0.2) is 5.67 Å². The third kappa shape index (κ3) is 3.43. The first-order chi connectivity index (χ1) is 15.3. The van der Waals surface area contributed by atoms with E-state index in [4.69, 9.17) is 4.74 Å². The number of aromatic nitrogens is 3. The van der Waals surface area contributed by atoms with E-state index in [1.807, 2.05) is 12.1 Å². The summed E-state index contributed by atoms with van der Waals surface area (Å²) in [6.45, 7) is 1.59. The number of hydrogen-bond donors (Lipinski definition) is 0. The van der Waals surface area contributed by atoms with Crippen molar-refractivity contribution < 1.29 is 13.9 Å². The summed E-state index contributed by atoms with van der Waals surface area (Å²) in [6.07, 6.45) is 3.32. The van der Waals surface area contributed by atoms with Crippen LogP contribution in [-0.4, -0.2) is 51.0 Å². The Morgan fingerprint density at radius 2 is 1.78 bits per heavy atom. The Kier molecular flexibility index (Phi) is 4.94. The van der Waals surface area contributed by atoms with Crippen molar-refractivity contribution >= 4 is 5.91 Å². The predicted molar refractivity (Wildman–Crippen MR) is 114 cm³/mol. The molecule has 3 heterocycles. The molecule has 32 heavy (non-hydrogen) atoms. The molecule has 0 atom stereocenters. The second-order valence-electron chi connectivity index (χ2n) is 9.41. The van der Waals surface area contributed by atoms with Crippen molar-refractivity contribution in [1.29, 1.82) is 0 Å². The summed E-state index contributed by atoms with van der Waals surface area (Å²) in [5.41, 5.74) is -2.24. The van der Waals surface area contributed by atoms with Crippen molar-refractivity contribution in [2.45, 2.75) is 57.3 Å². The van der Waals surface area contributed by atoms with E-state index in [9.17, 15) is 18.8 Å². The summed E-state index contributed by atoms with van der Waals surface area (Å²) in [5, 5.41) is 4.51. The molecule has 1 aromatic heterocycles. The molecular formula is C23H27FN4O4. The maximum atomic E-state index is 14.5. The fraction of sp³-hybridized carbons (Fsp3) is 0.565. The van der Waals surface area contributed by atoms with Crippen LogP contribution in [0.4, 0.5) is 4.39 Å². The van der Waals surface area contributed by atoms with Crippen LogP contribution in [-0.2, 0) is 24.3 Å². The molecule has 2 aromatic rings. The van der Waals surface area contributed by atoms with E-state index >= 15 is 0 Å². The molecule has 3 aliphatic rings. The van der Waals surface area contributed by atoms with Gasteiger partial charge in [0.25, 0.3) is 5.91 Å². The summed E-state index contributed by atoms with van der Waals surface area (Å²) in [5.74, 6) is 0.929. The topological polar surface area (TPSA) is 86.4 Å². The lowest BCUT2D eigenvalue weighted by Gasteiger charge is -2.43.